The number of unbranched alkanes of at least 4 members (excludes halogenated alkanes) is 22. The van der Waals surface area contributed by atoms with Crippen LogP contribution >= 0.6 is 7.82 Å². The quantitative estimate of drug-likeness (QED) is 0.0145. The molecular weight excluding hydrogens is 888 g/mol. The molecule has 6 N–H and O–H groups in total. The first kappa shape index (κ1) is 63.6. The van der Waals surface area contributed by atoms with Crippen molar-refractivity contribution in [3.8, 4) is 0 Å². The van der Waals surface area contributed by atoms with Gasteiger partial charge in [0.15, 0.2) is 6.10 Å². The number of esters is 2. The van der Waals surface area contributed by atoms with Crippen LogP contribution < -0.4 is 0 Å². The van der Waals surface area contributed by atoms with Gasteiger partial charge in [-0.2, -0.15) is 0 Å². The Hall–Kier alpha value is -2.45. The summed E-state index contributed by atoms with van der Waals surface area (Å²) in [5, 5.41) is 50.3. The van der Waals surface area contributed by atoms with Crippen LogP contribution in [-0.2, 0) is 32.7 Å². The normalized spacial score (nSPS) is 21.5. The van der Waals surface area contributed by atoms with E-state index in [1.807, 2.05) is 12.2 Å². The van der Waals surface area contributed by atoms with Crippen molar-refractivity contribution < 1.29 is 63.1 Å². The molecule has 13 nitrogen and oxygen atoms in total. The maximum Gasteiger partial charge on any atom is 0.472 e. The maximum absolute atomic E-state index is 12.9. The molecule has 1 fully saturated rings. The molecule has 394 valence electrons. The Morgan fingerprint density at radius 3 is 1.26 bits per heavy atom. The fraction of sp³-hybridized carbons (Fsp3) is 0.778. The molecule has 68 heavy (non-hydrogen) atoms. The molecule has 1 aliphatic carbocycles. The third-order valence-corrected chi connectivity index (χ3v) is 13.1. The molecule has 0 aromatic carbocycles. The molecule has 6 atom stereocenters. The molecule has 14 heteroatoms. The summed E-state index contributed by atoms with van der Waals surface area (Å²) in [6.07, 6.45) is 41.4. The number of allylic oxidation sites excluding steroid dienone is 10. The van der Waals surface area contributed by atoms with Crippen molar-refractivity contribution in [1.82, 2.24) is 0 Å². The summed E-state index contributed by atoms with van der Waals surface area (Å²) in [5.74, 6) is -1.16. The Kier molecular flexibility index (Phi) is 40.5. The second-order valence-electron chi connectivity index (χ2n) is 18.4. The second kappa shape index (κ2) is 43.3. The molecule has 1 saturated carbocycles. The minimum absolute atomic E-state index is 0.0179. The summed E-state index contributed by atoms with van der Waals surface area (Å²) in [7, 11) is -5.14. The average molecular weight is 983 g/mol. The molecule has 0 saturated heterocycles. The Labute approximate surface area is 411 Å². The van der Waals surface area contributed by atoms with E-state index in [-0.39, 0.29) is 12.8 Å². The largest absolute Gasteiger partial charge is 0.472 e. The fourth-order valence-corrected chi connectivity index (χ4v) is 8.89. The number of aliphatic hydroxyl groups excluding tert-OH is 5. The fourth-order valence-electron chi connectivity index (χ4n) is 7.91. The molecule has 0 bridgehead atoms. The molecule has 6 unspecified atom stereocenters. The lowest BCUT2D eigenvalue weighted by Crippen LogP contribution is -2.64. The summed E-state index contributed by atoms with van der Waals surface area (Å²) in [6.45, 7) is 3.17. The van der Waals surface area contributed by atoms with E-state index in [1.165, 1.54) is 116 Å². The number of hydrogen-bond acceptors (Lipinski definition) is 12. The highest BCUT2D eigenvalue weighted by Crippen LogP contribution is 2.47. The highest BCUT2D eigenvalue weighted by molar-refractivity contribution is 7.47. The minimum atomic E-state index is -5.14. The van der Waals surface area contributed by atoms with E-state index in [1.54, 1.807) is 0 Å². The lowest BCUT2D eigenvalue weighted by atomic mass is 9.85. The van der Waals surface area contributed by atoms with Gasteiger partial charge in [-0.05, 0) is 51.4 Å². The Bertz CT molecular complexity index is 1420. The zero-order valence-corrected chi connectivity index (χ0v) is 43.0. The van der Waals surface area contributed by atoms with Crippen molar-refractivity contribution in [3.63, 3.8) is 0 Å². The standard InChI is InChI=1S/C54H95O13P/c1-3-5-7-9-11-13-15-17-19-21-22-23-24-25-27-28-30-32-34-36-38-40-42-47(55)64-44-46(45-65-68(62,63)67-54-52(60)50(58)49(57)51(59)53(54)61)66-48(56)43-41-39-37-35-33-31-29-26-20-18-16-14-12-10-8-6-4-2/h6,8,12,14,18,20,29,31,35,37,46,49-54,57-61H,3-5,7,9-11,13,15-17,19,21-28,30,32-34,36,38-45H2,1-2H3,(H,62,63). The first-order chi connectivity index (χ1) is 32.9. The molecule has 0 aromatic heterocycles. The van der Waals surface area contributed by atoms with Gasteiger partial charge in [-0.3, -0.25) is 18.6 Å². The van der Waals surface area contributed by atoms with Crippen LogP contribution in [0.25, 0.3) is 0 Å². The smallest absolute Gasteiger partial charge is 0.462 e. The van der Waals surface area contributed by atoms with Crippen LogP contribution in [0.4, 0.5) is 0 Å². The van der Waals surface area contributed by atoms with Crippen LogP contribution in [0.1, 0.15) is 213 Å². The Morgan fingerprint density at radius 1 is 0.471 bits per heavy atom. The number of hydrogen-bond donors (Lipinski definition) is 6. The van der Waals surface area contributed by atoms with E-state index in [2.05, 4.69) is 62.5 Å². The molecule has 0 amide bonds. The lowest BCUT2D eigenvalue weighted by Gasteiger charge is -2.41. The highest BCUT2D eigenvalue weighted by Gasteiger charge is 2.51. The van der Waals surface area contributed by atoms with Crippen molar-refractivity contribution >= 4 is 19.8 Å². The van der Waals surface area contributed by atoms with Gasteiger partial charge in [0.1, 0.15) is 43.2 Å². The lowest BCUT2D eigenvalue weighted by molar-refractivity contribution is -0.220. The third-order valence-electron chi connectivity index (χ3n) is 12.1. The number of phosphoric ester groups is 1. The van der Waals surface area contributed by atoms with Gasteiger partial charge in [0.05, 0.1) is 6.61 Å². The monoisotopic (exact) mass is 983 g/mol. The van der Waals surface area contributed by atoms with Crippen LogP contribution in [0.5, 0.6) is 0 Å². The molecule has 0 aliphatic heterocycles. The Balaban J connectivity index is 2.39. The number of carbonyl (C=O) groups excluding carboxylic acids is 2. The van der Waals surface area contributed by atoms with Gasteiger partial charge in [-0.25, -0.2) is 4.57 Å². The van der Waals surface area contributed by atoms with Crippen LogP contribution in [0.15, 0.2) is 60.8 Å². The Morgan fingerprint density at radius 2 is 0.838 bits per heavy atom. The topological polar surface area (TPSA) is 210 Å². The predicted octanol–water partition coefficient (Wildman–Crippen LogP) is 11.7. The number of carbonyl (C=O) groups is 2. The molecule has 0 heterocycles. The van der Waals surface area contributed by atoms with Crippen LogP contribution in [0.3, 0.4) is 0 Å². The predicted molar refractivity (Wildman–Crippen MR) is 272 cm³/mol. The number of ether oxygens (including phenoxy) is 2. The molecule has 1 aliphatic rings. The van der Waals surface area contributed by atoms with E-state index < -0.39 is 75.7 Å². The van der Waals surface area contributed by atoms with Gasteiger partial charge >= 0.3 is 19.8 Å². The molecule has 0 radical (unpaired) electrons. The summed E-state index contributed by atoms with van der Waals surface area (Å²) in [6, 6.07) is 0. The van der Waals surface area contributed by atoms with Crippen LogP contribution in [0.2, 0.25) is 0 Å². The zero-order valence-electron chi connectivity index (χ0n) is 42.1. The molecular formula is C54H95O13P. The molecule has 0 spiro atoms. The van der Waals surface area contributed by atoms with E-state index in [0.717, 1.165) is 51.4 Å². The number of phosphoric acid groups is 1. The van der Waals surface area contributed by atoms with E-state index in [0.29, 0.717) is 19.3 Å². The van der Waals surface area contributed by atoms with Gasteiger partial charge in [0, 0.05) is 12.8 Å². The number of rotatable bonds is 44. The van der Waals surface area contributed by atoms with Crippen LogP contribution in [-0.4, -0.2) is 98.3 Å². The van der Waals surface area contributed by atoms with Gasteiger partial charge in [-0.15, -0.1) is 0 Å². The van der Waals surface area contributed by atoms with Gasteiger partial charge in [-0.1, -0.05) is 209 Å². The maximum atomic E-state index is 12.9. The zero-order chi connectivity index (χ0) is 49.9. The third kappa shape index (κ3) is 34.8. The number of aliphatic hydroxyl groups is 5. The van der Waals surface area contributed by atoms with Crippen molar-refractivity contribution in [2.45, 2.75) is 256 Å². The van der Waals surface area contributed by atoms with E-state index >= 15 is 0 Å². The summed E-state index contributed by atoms with van der Waals surface area (Å²) in [5.41, 5.74) is 0. The summed E-state index contributed by atoms with van der Waals surface area (Å²) in [4.78, 5) is 35.8. The first-order valence-corrected chi connectivity index (χ1v) is 28.1. The molecule has 1 rings (SSSR count). The van der Waals surface area contributed by atoms with Gasteiger partial charge in [0.25, 0.3) is 0 Å². The van der Waals surface area contributed by atoms with Crippen LogP contribution in [0, 0.1) is 0 Å². The van der Waals surface area contributed by atoms with Gasteiger partial charge < -0.3 is 39.9 Å². The summed E-state index contributed by atoms with van der Waals surface area (Å²) < 4.78 is 33.6. The summed E-state index contributed by atoms with van der Waals surface area (Å²) >= 11 is 0. The SMILES string of the molecule is CCC=CCC=CCC=CCC=CCC=CCCCC(=O)OC(COC(=O)CCCCCCCCCCCCCCCCCCCCCCCC)COP(=O)(O)OC1C(O)C(O)C(O)C(O)C1O. The van der Waals surface area contributed by atoms with Crippen molar-refractivity contribution in [2.75, 3.05) is 13.2 Å². The first-order valence-electron chi connectivity index (χ1n) is 26.6. The van der Waals surface area contributed by atoms with E-state index in [9.17, 15) is 44.6 Å². The average Bonchev–Trinajstić information content (AvgIpc) is 3.32. The van der Waals surface area contributed by atoms with E-state index in [4.69, 9.17) is 18.5 Å². The molecule has 0 aromatic rings. The minimum Gasteiger partial charge on any atom is -0.462 e. The second-order valence-corrected chi connectivity index (χ2v) is 19.8. The van der Waals surface area contributed by atoms with Crippen molar-refractivity contribution in [1.29, 1.82) is 0 Å². The highest BCUT2D eigenvalue weighted by atomic mass is 31.2. The van der Waals surface area contributed by atoms with Gasteiger partial charge in [0.2, 0.25) is 0 Å². The van der Waals surface area contributed by atoms with Crippen molar-refractivity contribution in [3.05, 3.63) is 60.8 Å². The van der Waals surface area contributed by atoms with Crippen molar-refractivity contribution in [2.24, 2.45) is 0 Å².